The molecule has 0 aliphatic carbocycles. The predicted octanol–water partition coefficient (Wildman–Crippen LogP) is 7.35. The number of hydrogen-bond donors (Lipinski definition) is 0. The molecule has 4 rings (SSSR count). The second-order valence-electron chi connectivity index (χ2n) is 7.52. The highest BCUT2D eigenvalue weighted by Gasteiger charge is 2.35. The minimum Gasteiger partial charge on any atom is -0.490 e. The zero-order chi connectivity index (χ0) is 24.9. The van der Waals surface area contributed by atoms with Crippen LogP contribution in [0.2, 0.25) is 10.0 Å². The summed E-state index contributed by atoms with van der Waals surface area (Å²) in [6, 6.07) is 16.4. The first kappa shape index (κ1) is 25.1. The maximum absolute atomic E-state index is 13.9. The van der Waals surface area contributed by atoms with Gasteiger partial charge in [0.1, 0.15) is 12.4 Å². The lowest BCUT2D eigenvalue weighted by atomic mass is 10.1. The number of rotatable bonds is 8. The van der Waals surface area contributed by atoms with Crippen molar-refractivity contribution in [3.05, 3.63) is 98.1 Å². The number of amides is 2. The molecule has 0 radical (unpaired) electrons. The molecule has 1 saturated heterocycles. The van der Waals surface area contributed by atoms with Gasteiger partial charge in [0.25, 0.3) is 11.1 Å². The largest absolute Gasteiger partial charge is 0.490 e. The summed E-state index contributed by atoms with van der Waals surface area (Å²) in [4.78, 5) is 26.9. The van der Waals surface area contributed by atoms with E-state index in [0.29, 0.717) is 44.8 Å². The molecule has 1 aliphatic rings. The van der Waals surface area contributed by atoms with E-state index >= 15 is 0 Å². The summed E-state index contributed by atoms with van der Waals surface area (Å²) in [6.45, 7) is 2.31. The minimum absolute atomic E-state index is 0.0399. The van der Waals surface area contributed by atoms with E-state index < -0.39 is 5.91 Å². The number of benzene rings is 3. The van der Waals surface area contributed by atoms with Crippen LogP contribution in [-0.4, -0.2) is 22.7 Å². The van der Waals surface area contributed by atoms with Crippen molar-refractivity contribution in [1.82, 2.24) is 4.90 Å². The molecule has 35 heavy (non-hydrogen) atoms. The van der Waals surface area contributed by atoms with Gasteiger partial charge in [0.05, 0.1) is 18.1 Å². The fourth-order valence-corrected chi connectivity index (χ4v) is 4.69. The van der Waals surface area contributed by atoms with E-state index in [0.717, 1.165) is 16.7 Å². The van der Waals surface area contributed by atoms with Crippen molar-refractivity contribution in [2.24, 2.45) is 0 Å². The zero-order valence-corrected chi connectivity index (χ0v) is 20.9. The maximum Gasteiger partial charge on any atom is 0.293 e. The van der Waals surface area contributed by atoms with Crippen LogP contribution in [0.1, 0.15) is 23.6 Å². The highest BCUT2D eigenvalue weighted by molar-refractivity contribution is 8.18. The van der Waals surface area contributed by atoms with Gasteiger partial charge < -0.3 is 9.47 Å². The van der Waals surface area contributed by atoms with Gasteiger partial charge >= 0.3 is 0 Å². The smallest absolute Gasteiger partial charge is 0.293 e. The van der Waals surface area contributed by atoms with E-state index in [1.54, 1.807) is 60.7 Å². The summed E-state index contributed by atoms with van der Waals surface area (Å²) < 4.78 is 25.4. The van der Waals surface area contributed by atoms with Gasteiger partial charge in [-0.3, -0.25) is 14.5 Å². The lowest BCUT2D eigenvalue weighted by molar-refractivity contribution is -0.123. The van der Waals surface area contributed by atoms with E-state index in [4.69, 9.17) is 32.7 Å². The number of hydrogen-bond acceptors (Lipinski definition) is 5. The summed E-state index contributed by atoms with van der Waals surface area (Å²) in [5.41, 5.74) is 1.70. The number of carbonyl (C=O) groups excluding carboxylic acids is 2. The van der Waals surface area contributed by atoms with Crippen molar-refractivity contribution in [2.45, 2.75) is 20.1 Å². The topological polar surface area (TPSA) is 55.8 Å². The predicted molar refractivity (Wildman–Crippen MR) is 136 cm³/mol. The van der Waals surface area contributed by atoms with Crippen LogP contribution in [0.3, 0.4) is 0 Å². The van der Waals surface area contributed by atoms with Gasteiger partial charge in [-0.1, -0.05) is 53.5 Å². The monoisotopic (exact) mass is 531 g/mol. The molecular formula is C26H20Cl2FNO4S. The Kier molecular flexibility index (Phi) is 8.00. The van der Waals surface area contributed by atoms with E-state index in [2.05, 4.69) is 0 Å². The Hall–Kier alpha value is -3.00. The number of ether oxygens (including phenoxy) is 2. The molecule has 0 N–H and O–H groups in total. The van der Waals surface area contributed by atoms with Crippen LogP contribution in [0.25, 0.3) is 6.08 Å². The number of imide groups is 1. The molecule has 0 aromatic heterocycles. The second-order valence-corrected chi connectivity index (χ2v) is 9.36. The molecule has 0 spiro atoms. The summed E-state index contributed by atoms with van der Waals surface area (Å²) in [5.74, 6) is 0.129. The van der Waals surface area contributed by atoms with Crippen molar-refractivity contribution in [3.63, 3.8) is 0 Å². The lowest BCUT2D eigenvalue weighted by Gasteiger charge is -2.14. The summed E-state index contributed by atoms with van der Waals surface area (Å²) in [7, 11) is 0. The van der Waals surface area contributed by atoms with Gasteiger partial charge in [0.15, 0.2) is 11.5 Å². The highest BCUT2D eigenvalue weighted by Crippen LogP contribution is 2.36. The quantitative estimate of drug-likeness (QED) is 0.284. The Morgan fingerprint density at radius 2 is 1.77 bits per heavy atom. The molecule has 3 aromatic carbocycles. The standard InChI is InChI=1S/C26H20Cl2FNO4S/c1-2-33-23-11-16(7-10-22(23)34-15-18-5-3-4-6-21(18)29)12-24-25(31)30(26(32)35-24)14-17-8-9-19(27)13-20(17)28/h3-13H,2,14-15H2,1H3/b24-12-. The average molecular weight is 532 g/mol. The first-order chi connectivity index (χ1) is 16.9. The molecule has 0 atom stereocenters. The number of nitrogens with zero attached hydrogens (tertiary/aromatic N) is 1. The van der Waals surface area contributed by atoms with Crippen LogP contribution in [0.15, 0.2) is 65.6 Å². The van der Waals surface area contributed by atoms with Gasteiger partial charge in [-0.2, -0.15) is 0 Å². The van der Waals surface area contributed by atoms with Gasteiger partial charge in [-0.25, -0.2) is 4.39 Å². The third-order valence-electron chi connectivity index (χ3n) is 5.12. The third-order valence-corrected chi connectivity index (χ3v) is 6.62. The van der Waals surface area contributed by atoms with Crippen LogP contribution in [0, 0.1) is 5.82 Å². The first-order valence-corrected chi connectivity index (χ1v) is 12.2. The zero-order valence-electron chi connectivity index (χ0n) is 18.6. The van der Waals surface area contributed by atoms with Crippen molar-refractivity contribution < 1.29 is 23.5 Å². The molecule has 5 nitrogen and oxygen atoms in total. The van der Waals surface area contributed by atoms with E-state index in [1.807, 2.05) is 6.92 Å². The fraction of sp³-hybridized carbons (Fsp3) is 0.154. The number of carbonyl (C=O) groups is 2. The normalized spacial score (nSPS) is 14.6. The molecule has 180 valence electrons. The molecule has 2 amide bonds. The third kappa shape index (κ3) is 5.99. The maximum atomic E-state index is 13.9. The van der Waals surface area contributed by atoms with Crippen LogP contribution >= 0.6 is 35.0 Å². The van der Waals surface area contributed by atoms with E-state index in [1.165, 1.54) is 6.07 Å². The Balaban J connectivity index is 1.52. The molecule has 0 saturated carbocycles. The van der Waals surface area contributed by atoms with Gasteiger partial charge in [0.2, 0.25) is 0 Å². The lowest BCUT2D eigenvalue weighted by Crippen LogP contribution is -2.27. The van der Waals surface area contributed by atoms with Crippen molar-refractivity contribution >= 4 is 52.2 Å². The Morgan fingerprint density at radius 1 is 0.971 bits per heavy atom. The SMILES string of the molecule is CCOc1cc(/C=C2\SC(=O)N(Cc3ccc(Cl)cc3Cl)C2=O)ccc1OCc1ccccc1F. The van der Waals surface area contributed by atoms with Gasteiger partial charge in [0, 0.05) is 15.6 Å². The molecular weight excluding hydrogens is 512 g/mol. The molecule has 1 heterocycles. The van der Waals surface area contributed by atoms with Gasteiger partial charge in [-0.15, -0.1) is 0 Å². The summed E-state index contributed by atoms with van der Waals surface area (Å²) >= 11 is 13.0. The van der Waals surface area contributed by atoms with E-state index in [-0.39, 0.29) is 29.1 Å². The molecule has 0 unspecified atom stereocenters. The number of thioether (sulfide) groups is 1. The molecule has 3 aromatic rings. The fourth-order valence-electron chi connectivity index (χ4n) is 3.38. The van der Waals surface area contributed by atoms with Crippen molar-refractivity contribution in [2.75, 3.05) is 6.61 Å². The van der Waals surface area contributed by atoms with Crippen molar-refractivity contribution in [1.29, 1.82) is 0 Å². The van der Waals surface area contributed by atoms with Crippen LogP contribution in [0.5, 0.6) is 11.5 Å². The minimum atomic E-state index is -0.413. The molecule has 9 heteroatoms. The summed E-state index contributed by atoms with van der Waals surface area (Å²) in [5, 5.41) is 0.467. The highest BCUT2D eigenvalue weighted by atomic mass is 35.5. The second kappa shape index (κ2) is 11.2. The van der Waals surface area contributed by atoms with Crippen LogP contribution in [0.4, 0.5) is 9.18 Å². The van der Waals surface area contributed by atoms with E-state index in [9.17, 15) is 14.0 Å². The first-order valence-electron chi connectivity index (χ1n) is 10.7. The Labute approximate surface area is 216 Å². The molecule has 1 fully saturated rings. The van der Waals surface area contributed by atoms with Gasteiger partial charge in [-0.05, 0) is 66.2 Å². The Morgan fingerprint density at radius 3 is 2.51 bits per heavy atom. The Bertz CT molecular complexity index is 1310. The van der Waals surface area contributed by atoms with Crippen LogP contribution < -0.4 is 9.47 Å². The molecule has 0 bridgehead atoms. The van der Waals surface area contributed by atoms with Crippen molar-refractivity contribution in [3.8, 4) is 11.5 Å². The average Bonchev–Trinajstić information content (AvgIpc) is 3.08. The number of halogens is 3. The molecule has 1 aliphatic heterocycles. The van der Waals surface area contributed by atoms with Crippen LogP contribution in [-0.2, 0) is 17.9 Å². The summed E-state index contributed by atoms with van der Waals surface area (Å²) in [6.07, 6.45) is 1.62.